The molecule has 2 N–H and O–H groups in total. The Balaban J connectivity index is 1.94. The first-order valence-corrected chi connectivity index (χ1v) is 6.93. The van der Waals surface area contributed by atoms with E-state index in [0.29, 0.717) is 5.56 Å². The predicted octanol–water partition coefficient (Wildman–Crippen LogP) is 3.11. The number of thiazole rings is 1. The van der Waals surface area contributed by atoms with E-state index in [9.17, 15) is 4.79 Å². The maximum absolute atomic E-state index is 10.8. The number of carbonyl (C=O) groups is 1. The van der Waals surface area contributed by atoms with Crippen molar-refractivity contribution in [1.82, 2.24) is 4.98 Å². The summed E-state index contributed by atoms with van der Waals surface area (Å²) >= 11 is 1.65. The van der Waals surface area contributed by atoms with E-state index >= 15 is 0 Å². The average molecular weight is 276 g/mol. The van der Waals surface area contributed by atoms with Gasteiger partial charge in [0.15, 0.2) is 0 Å². The first-order chi connectivity index (χ1) is 9.06. The standard InChI is InChI=1S/C14H16N2O2S/c1-9-7-11(14(17)18)3-4-13(9)15-6-5-12-8-19-10(2)16-12/h3-4,7-8,15H,5-6H2,1-2H3,(H,17,18). The number of anilines is 1. The first-order valence-electron chi connectivity index (χ1n) is 6.05. The van der Waals surface area contributed by atoms with E-state index in [-0.39, 0.29) is 0 Å². The number of carboxylic acid groups (broad SMARTS) is 1. The molecular formula is C14H16N2O2S. The molecule has 0 radical (unpaired) electrons. The van der Waals surface area contributed by atoms with Crippen molar-refractivity contribution >= 4 is 23.0 Å². The van der Waals surface area contributed by atoms with Crippen molar-refractivity contribution in [1.29, 1.82) is 0 Å². The number of rotatable bonds is 5. The highest BCUT2D eigenvalue weighted by atomic mass is 32.1. The fourth-order valence-electron chi connectivity index (χ4n) is 1.84. The highest BCUT2D eigenvalue weighted by molar-refractivity contribution is 7.09. The molecule has 0 aliphatic carbocycles. The largest absolute Gasteiger partial charge is 0.478 e. The topological polar surface area (TPSA) is 62.2 Å². The number of benzene rings is 1. The normalized spacial score (nSPS) is 10.4. The third-order valence-electron chi connectivity index (χ3n) is 2.84. The molecular weight excluding hydrogens is 260 g/mol. The monoisotopic (exact) mass is 276 g/mol. The van der Waals surface area contributed by atoms with Gasteiger partial charge in [0.05, 0.1) is 16.3 Å². The Bertz CT molecular complexity index is 593. The second kappa shape index (κ2) is 5.84. The number of hydrogen-bond acceptors (Lipinski definition) is 4. The van der Waals surface area contributed by atoms with Crippen molar-refractivity contribution in [2.24, 2.45) is 0 Å². The van der Waals surface area contributed by atoms with Gasteiger partial charge in [-0.15, -0.1) is 11.3 Å². The van der Waals surface area contributed by atoms with Crippen LogP contribution < -0.4 is 5.32 Å². The molecule has 0 bridgehead atoms. The van der Waals surface area contributed by atoms with Gasteiger partial charge in [-0.1, -0.05) is 0 Å². The van der Waals surface area contributed by atoms with Gasteiger partial charge in [0, 0.05) is 24.0 Å². The van der Waals surface area contributed by atoms with E-state index in [1.165, 1.54) is 0 Å². The summed E-state index contributed by atoms with van der Waals surface area (Å²) in [5.74, 6) is -0.896. The Morgan fingerprint density at radius 3 is 2.79 bits per heavy atom. The van der Waals surface area contributed by atoms with Gasteiger partial charge in [-0.2, -0.15) is 0 Å². The molecule has 5 heteroatoms. The zero-order valence-electron chi connectivity index (χ0n) is 10.9. The lowest BCUT2D eigenvalue weighted by Crippen LogP contribution is -2.07. The van der Waals surface area contributed by atoms with Crippen molar-refractivity contribution in [3.8, 4) is 0 Å². The maximum Gasteiger partial charge on any atom is 0.335 e. The fourth-order valence-corrected chi connectivity index (χ4v) is 2.49. The summed E-state index contributed by atoms with van der Waals surface area (Å²) in [6.07, 6.45) is 0.866. The average Bonchev–Trinajstić information content (AvgIpc) is 2.77. The number of aromatic carboxylic acids is 1. The molecule has 0 atom stereocenters. The van der Waals surface area contributed by atoms with Gasteiger partial charge in [0.2, 0.25) is 0 Å². The van der Waals surface area contributed by atoms with E-state index in [1.54, 1.807) is 23.5 Å². The van der Waals surface area contributed by atoms with E-state index in [2.05, 4.69) is 15.7 Å². The summed E-state index contributed by atoms with van der Waals surface area (Å²) in [4.78, 5) is 15.2. The minimum Gasteiger partial charge on any atom is -0.478 e. The summed E-state index contributed by atoms with van der Waals surface area (Å²) in [7, 11) is 0. The van der Waals surface area contributed by atoms with Crippen LogP contribution in [0.25, 0.3) is 0 Å². The van der Waals surface area contributed by atoms with Crippen molar-refractivity contribution in [3.05, 3.63) is 45.4 Å². The molecule has 19 heavy (non-hydrogen) atoms. The van der Waals surface area contributed by atoms with Crippen LogP contribution in [0.2, 0.25) is 0 Å². The van der Waals surface area contributed by atoms with Gasteiger partial charge in [0.1, 0.15) is 0 Å². The molecule has 0 fully saturated rings. The van der Waals surface area contributed by atoms with Crippen LogP contribution in [0.15, 0.2) is 23.6 Å². The zero-order chi connectivity index (χ0) is 13.8. The minimum absolute atomic E-state index is 0.318. The van der Waals surface area contributed by atoms with Gasteiger partial charge < -0.3 is 10.4 Å². The molecule has 1 aromatic carbocycles. The number of carboxylic acids is 1. The van der Waals surface area contributed by atoms with Gasteiger partial charge in [-0.25, -0.2) is 9.78 Å². The fraction of sp³-hybridized carbons (Fsp3) is 0.286. The van der Waals surface area contributed by atoms with Crippen molar-refractivity contribution in [2.75, 3.05) is 11.9 Å². The minimum atomic E-state index is -0.896. The summed E-state index contributed by atoms with van der Waals surface area (Å²) in [6.45, 7) is 4.69. The predicted molar refractivity (Wildman–Crippen MR) is 77.2 cm³/mol. The Hall–Kier alpha value is -1.88. The Morgan fingerprint density at radius 1 is 1.42 bits per heavy atom. The highest BCUT2D eigenvalue weighted by Gasteiger charge is 2.05. The van der Waals surface area contributed by atoms with E-state index in [0.717, 1.165) is 34.9 Å². The molecule has 0 amide bonds. The van der Waals surface area contributed by atoms with Crippen molar-refractivity contribution in [3.63, 3.8) is 0 Å². The highest BCUT2D eigenvalue weighted by Crippen LogP contribution is 2.17. The Morgan fingerprint density at radius 2 is 2.21 bits per heavy atom. The van der Waals surface area contributed by atoms with Gasteiger partial charge in [-0.3, -0.25) is 0 Å². The second-order valence-corrected chi connectivity index (χ2v) is 5.43. The third kappa shape index (κ3) is 3.54. The molecule has 1 heterocycles. The molecule has 4 nitrogen and oxygen atoms in total. The number of nitrogens with one attached hydrogen (secondary N) is 1. The number of aromatic nitrogens is 1. The van der Waals surface area contributed by atoms with Crippen LogP contribution in [-0.4, -0.2) is 22.6 Å². The number of aryl methyl sites for hydroxylation is 2. The van der Waals surface area contributed by atoms with Crippen LogP contribution >= 0.6 is 11.3 Å². The molecule has 0 unspecified atom stereocenters. The molecule has 0 saturated heterocycles. The summed E-state index contributed by atoms with van der Waals surface area (Å²) < 4.78 is 0. The van der Waals surface area contributed by atoms with Crippen LogP contribution in [0.5, 0.6) is 0 Å². The number of hydrogen-bond donors (Lipinski definition) is 2. The van der Waals surface area contributed by atoms with Gasteiger partial charge in [-0.05, 0) is 37.6 Å². The lowest BCUT2D eigenvalue weighted by molar-refractivity contribution is 0.0697. The van der Waals surface area contributed by atoms with E-state index in [4.69, 9.17) is 5.11 Å². The van der Waals surface area contributed by atoms with Crippen LogP contribution in [-0.2, 0) is 6.42 Å². The van der Waals surface area contributed by atoms with Crippen molar-refractivity contribution < 1.29 is 9.90 Å². The summed E-state index contributed by atoms with van der Waals surface area (Å²) in [6, 6.07) is 5.10. The molecule has 0 spiro atoms. The SMILES string of the molecule is Cc1nc(CCNc2ccc(C(=O)O)cc2C)cs1. The summed E-state index contributed by atoms with van der Waals surface area (Å²) in [5, 5.41) is 15.4. The van der Waals surface area contributed by atoms with Crippen LogP contribution in [0, 0.1) is 13.8 Å². The van der Waals surface area contributed by atoms with Crippen LogP contribution in [0.4, 0.5) is 5.69 Å². The van der Waals surface area contributed by atoms with Crippen LogP contribution in [0.3, 0.4) is 0 Å². The number of nitrogens with zero attached hydrogens (tertiary/aromatic N) is 1. The lowest BCUT2D eigenvalue weighted by atomic mass is 10.1. The lowest BCUT2D eigenvalue weighted by Gasteiger charge is -2.09. The molecule has 2 rings (SSSR count). The molecule has 100 valence electrons. The molecule has 1 aromatic heterocycles. The molecule has 0 saturated carbocycles. The van der Waals surface area contributed by atoms with Gasteiger partial charge in [0.25, 0.3) is 0 Å². The third-order valence-corrected chi connectivity index (χ3v) is 3.66. The zero-order valence-corrected chi connectivity index (χ0v) is 11.8. The van der Waals surface area contributed by atoms with Crippen molar-refractivity contribution in [2.45, 2.75) is 20.3 Å². The molecule has 2 aromatic rings. The molecule has 0 aliphatic rings. The quantitative estimate of drug-likeness (QED) is 0.880. The van der Waals surface area contributed by atoms with Crippen LogP contribution in [0.1, 0.15) is 26.6 Å². The maximum atomic E-state index is 10.8. The summed E-state index contributed by atoms with van der Waals surface area (Å²) in [5.41, 5.74) is 3.32. The Labute approximate surface area is 116 Å². The second-order valence-electron chi connectivity index (χ2n) is 4.37. The smallest absolute Gasteiger partial charge is 0.335 e. The van der Waals surface area contributed by atoms with Gasteiger partial charge >= 0.3 is 5.97 Å². The first kappa shape index (κ1) is 13.5. The molecule has 0 aliphatic heterocycles. The van der Waals surface area contributed by atoms with E-state index < -0.39 is 5.97 Å². The van der Waals surface area contributed by atoms with E-state index in [1.807, 2.05) is 19.9 Å². The Kier molecular flexibility index (Phi) is 4.16.